The maximum absolute atomic E-state index is 12.5. The first-order valence-corrected chi connectivity index (χ1v) is 6.87. The smallest absolute Gasteiger partial charge is 0.362 e. The molecule has 0 saturated carbocycles. The molecule has 0 fully saturated rings. The molecule has 0 unspecified atom stereocenters. The van der Waals surface area contributed by atoms with E-state index in [1.807, 2.05) is 4.90 Å². The first-order chi connectivity index (χ1) is 8.70. The van der Waals surface area contributed by atoms with Crippen molar-refractivity contribution in [2.45, 2.75) is 6.18 Å². The van der Waals surface area contributed by atoms with Crippen molar-refractivity contribution in [1.29, 1.82) is 0 Å². The minimum absolute atomic E-state index is 0.482. The van der Waals surface area contributed by atoms with E-state index in [2.05, 4.69) is 45.0 Å². The van der Waals surface area contributed by atoms with E-state index in [1.54, 1.807) is 0 Å². The second-order valence-corrected chi connectivity index (χ2v) is 6.18. The summed E-state index contributed by atoms with van der Waals surface area (Å²) in [5, 5.41) is 0. The Balaban J connectivity index is 2.96. The number of hydrogen-bond donors (Lipinski definition) is 0. The molecule has 104 valence electrons. The Bertz CT molecular complexity index is 450. The summed E-state index contributed by atoms with van der Waals surface area (Å²) in [6.45, 7) is 8.43. The number of hydrogen-bond acceptors (Lipinski definition) is 1. The fourth-order valence-electron chi connectivity index (χ4n) is 1.51. The second-order valence-electron chi connectivity index (χ2n) is 3.94. The molecular formula is C13H12Br2F3N. The molecule has 1 aromatic carbocycles. The zero-order valence-corrected chi connectivity index (χ0v) is 13.1. The third-order valence-corrected chi connectivity index (χ3v) is 2.79. The van der Waals surface area contributed by atoms with Crippen LogP contribution < -0.4 is 4.90 Å². The van der Waals surface area contributed by atoms with E-state index in [9.17, 15) is 13.2 Å². The maximum atomic E-state index is 12.5. The Morgan fingerprint density at radius 2 is 1.42 bits per heavy atom. The van der Waals surface area contributed by atoms with Crippen LogP contribution >= 0.6 is 31.9 Å². The largest absolute Gasteiger partial charge is 0.416 e. The molecule has 0 radical (unpaired) electrons. The van der Waals surface area contributed by atoms with Gasteiger partial charge >= 0.3 is 6.18 Å². The average Bonchev–Trinajstić information content (AvgIpc) is 2.26. The number of benzene rings is 1. The molecule has 0 aromatic heterocycles. The SMILES string of the molecule is C=C(Br)CN(CC(=C)Br)c1ccc(C(F)(F)F)cc1. The van der Waals surface area contributed by atoms with Crippen molar-refractivity contribution < 1.29 is 13.2 Å². The van der Waals surface area contributed by atoms with Gasteiger partial charge < -0.3 is 4.90 Å². The molecule has 0 spiro atoms. The van der Waals surface area contributed by atoms with E-state index in [0.717, 1.165) is 21.1 Å². The predicted octanol–water partition coefficient (Wildman–Crippen LogP) is 5.33. The van der Waals surface area contributed by atoms with E-state index < -0.39 is 11.7 Å². The van der Waals surface area contributed by atoms with Crippen LogP contribution in [-0.4, -0.2) is 13.1 Å². The summed E-state index contributed by atoms with van der Waals surface area (Å²) in [6.07, 6.45) is -4.32. The Morgan fingerprint density at radius 3 is 1.74 bits per heavy atom. The van der Waals surface area contributed by atoms with Crippen LogP contribution in [0.1, 0.15) is 5.56 Å². The molecule has 0 N–H and O–H groups in total. The highest BCUT2D eigenvalue weighted by Gasteiger charge is 2.30. The average molecular weight is 399 g/mol. The van der Waals surface area contributed by atoms with Gasteiger partial charge in [0.2, 0.25) is 0 Å². The van der Waals surface area contributed by atoms with Gasteiger partial charge in [0, 0.05) is 27.7 Å². The van der Waals surface area contributed by atoms with Crippen molar-refractivity contribution in [3.63, 3.8) is 0 Å². The van der Waals surface area contributed by atoms with Gasteiger partial charge in [-0.25, -0.2) is 0 Å². The molecule has 6 heteroatoms. The van der Waals surface area contributed by atoms with E-state index in [0.29, 0.717) is 18.8 Å². The van der Waals surface area contributed by atoms with Gasteiger partial charge in [-0.2, -0.15) is 13.2 Å². The summed E-state index contributed by atoms with van der Waals surface area (Å²) in [5.74, 6) is 0. The van der Waals surface area contributed by atoms with Gasteiger partial charge in [0.05, 0.1) is 5.56 Å². The molecule has 0 saturated heterocycles. The lowest BCUT2D eigenvalue weighted by Crippen LogP contribution is -2.25. The molecule has 0 atom stereocenters. The van der Waals surface area contributed by atoms with Crippen molar-refractivity contribution >= 4 is 37.5 Å². The minimum atomic E-state index is -4.32. The van der Waals surface area contributed by atoms with E-state index in [1.165, 1.54) is 12.1 Å². The predicted molar refractivity (Wildman–Crippen MR) is 79.8 cm³/mol. The lowest BCUT2D eigenvalue weighted by molar-refractivity contribution is -0.137. The van der Waals surface area contributed by atoms with Crippen LogP contribution in [-0.2, 0) is 6.18 Å². The summed E-state index contributed by atoms with van der Waals surface area (Å²) in [5.41, 5.74) is 0.0146. The van der Waals surface area contributed by atoms with Crippen molar-refractivity contribution in [3.8, 4) is 0 Å². The zero-order valence-electron chi connectivity index (χ0n) is 9.97. The Kier molecular flexibility index (Phi) is 5.67. The molecule has 0 amide bonds. The fraction of sp³-hybridized carbons (Fsp3) is 0.231. The van der Waals surface area contributed by atoms with E-state index in [-0.39, 0.29) is 0 Å². The Morgan fingerprint density at radius 1 is 1.00 bits per heavy atom. The fourth-order valence-corrected chi connectivity index (χ4v) is 2.12. The van der Waals surface area contributed by atoms with Crippen LogP contribution in [0.15, 0.2) is 46.4 Å². The highest BCUT2D eigenvalue weighted by Crippen LogP contribution is 2.31. The van der Waals surface area contributed by atoms with Gasteiger partial charge in [-0.3, -0.25) is 0 Å². The molecule has 0 bridgehead atoms. The Hall–Kier alpha value is -0.750. The summed E-state index contributed by atoms with van der Waals surface area (Å²) >= 11 is 6.49. The first-order valence-electron chi connectivity index (χ1n) is 5.29. The van der Waals surface area contributed by atoms with Crippen molar-refractivity contribution in [1.82, 2.24) is 0 Å². The van der Waals surface area contributed by atoms with Crippen LogP contribution in [0.5, 0.6) is 0 Å². The van der Waals surface area contributed by atoms with Crippen molar-refractivity contribution in [3.05, 3.63) is 52.0 Å². The van der Waals surface area contributed by atoms with Crippen LogP contribution in [0.2, 0.25) is 0 Å². The summed E-state index contributed by atoms with van der Waals surface area (Å²) < 4.78 is 38.9. The van der Waals surface area contributed by atoms with Crippen molar-refractivity contribution in [2.75, 3.05) is 18.0 Å². The number of anilines is 1. The molecular weight excluding hydrogens is 387 g/mol. The van der Waals surface area contributed by atoms with Gasteiger partial charge in [0.25, 0.3) is 0 Å². The number of rotatable bonds is 5. The highest BCUT2D eigenvalue weighted by atomic mass is 79.9. The van der Waals surface area contributed by atoms with Crippen LogP contribution in [0.25, 0.3) is 0 Å². The van der Waals surface area contributed by atoms with Gasteiger partial charge in [0.15, 0.2) is 0 Å². The van der Waals surface area contributed by atoms with Gasteiger partial charge in [0.1, 0.15) is 0 Å². The molecule has 0 heterocycles. The topological polar surface area (TPSA) is 3.24 Å². The maximum Gasteiger partial charge on any atom is 0.416 e. The Labute approximate surface area is 127 Å². The summed E-state index contributed by atoms with van der Waals surface area (Å²) in [6, 6.07) is 5.01. The molecule has 19 heavy (non-hydrogen) atoms. The first kappa shape index (κ1) is 16.3. The van der Waals surface area contributed by atoms with Crippen LogP contribution in [0.4, 0.5) is 18.9 Å². The standard InChI is InChI=1S/C13H12Br2F3N/c1-9(14)7-19(8-10(2)15)12-5-3-11(4-6-12)13(16,17)18/h3-6H,1-2,7-8H2. The monoisotopic (exact) mass is 397 g/mol. The lowest BCUT2D eigenvalue weighted by atomic mass is 10.2. The van der Waals surface area contributed by atoms with E-state index >= 15 is 0 Å². The number of alkyl halides is 3. The van der Waals surface area contributed by atoms with E-state index in [4.69, 9.17) is 0 Å². The summed E-state index contributed by atoms with van der Waals surface area (Å²) in [7, 11) is 0. The van der Waals surface area contributed by atoms with Crippen molar-refractivity contribution in [2.24, 2.45) is 0 Å². The second kappa shape index (κ2) is 6.61. The molecule has 1 rings (SSSR count). The van der Waals surface area contributed by atoms with Gasteiger partial charge in [-0.1, -0.05) is 45.0 Å². The molecule has 1 nitrogen and oxygen atoms in total. The molecule has 0 aliphatic rings. The van der Waals surface area contributed by atoms with Crippen LogP contribution in [0, 0.1) is 0 Å². The summed E-state index contributed by atoms with van der Waals surface area (Å²) in [4.78, 5) is 1.86. The zero-order chi connectivity index (χ0) is 14.6. The quantitative estimate of drug-likeness (QED) is 0.647. The normalized spacial score (nSPS) is 11.2. The van der Waals surface area contributed by atoms with Gasteiger partial charge in [-0.05, 0) is 24.3 Å². The highest BCUT2D eigenvalue weighted by molar-refractivity contribution is 9.12. The van der Waals surface area contributed by atoms with Crippen LogP contribution in [0.3, 0.4) is 0 Å². The third-order valence-electron chi connectivity index (χ3n) is 2.28. The third kappa shape index (κ3) is 5.40. The molecule has 1 aromatic rings. The lowest BCUT2D eigenvalue weighted by Gasteiger charge is -2.24. The molecule has 0 aliphatic carbocycles. The minimum Gasteiger partial charge on any atom is -0.362 e. The molecule has 0 aliphatic heterocycles. The van der Waals surface area contributed by atoms with Gasteiger partial charge in [-0.15, -0.1) is 0 Å². The number of halogens is 5. The number of nitrogens with zero attached hydrogens (tertiary/aromatic N) is 1.